The highest BCUT2D eigenvalue weighted by molar-refractivity contribution is 9.09. The van der Waals surface area contributed by atoms with Gasteiger partial charge in [0.1, 0.15) is 68.7 Å². The standard InChI is InChI=1S/C14H23BrO6.C14H23N3O6.C14H22O7.C8H15N3O6.C6H12O6.C4H6O3.CH2Cl2.H2O4S/c1-8-9(2)13(20-11(4)17)14(18-6-5-15)21-12(8)7-19-10(3)16;1-8-9(2)13(22-11(4)19)14(20-6-5-16-17-15)23-12(8)7-21-10(3)18;1-7-8(2)13(19-10(4)16)14(20-11(5)17)21-12(7)6-18-9(3)15;9-11-10-1-2-16-8-7(15)6(14)5(13)4(3-12)17-8;7-1-2-3(8)4(9)5(10)6(11)12-2;1-3(5)7-4(2)6;2-1-3;1-5(2,3)4/h8-9,12-14H,5-7H2,1-4H3;8-9,12-14H,5-7H2,1-4H3;7-8,12-14H,6H2,1-5H3;4-8,12-15H,1-3H2;2-11H,1H2;1-2H3;1H2;(H2,1,2,3,4). The van der Waals surface area contributed by atoms with E-state index in [0.717, 1.165) is 0 Å². The number of esters is 9. The molecular weight excluding hydrogens is 1610 g/mol. The molecule has 0 radical (unpaired) electrons. The van der Waals surface area contributed by atoms with Crippen LogP contribution in [0.4, 0.5) is 0 Å². The smallest absolute Gasteiger partial charge is 0.394 e. The maximum atomic E-state index is 11.3. The number of aliphatic hydroxyl groups excluding tert-OH is 9. The molecule has 0 aromatic rings. The van der Waals surface area contributed by atoms with Crippen LogP contribution in [0.15, 0.2) is 10.2 Å². The zero-order valence-electron chi connectivity index (χ0n) is 62.6. The Kier molecular flexibility index (Phi) is 57.4. The summed E-state index contributed by atoms with van der Waals surface area (Å²) in [6, 6.07) is 0. The average molecular weight is 1710 g/mol. The molecule has 0 amide bonds. The molecule has 44 nitrogen and oxygen atoms in total. The lowest BCUT2D eigenvalue weighted by Crippen LogP contribution is -2.59. The fourth-order valence-electron chi connectivity index (χ4n) is 9.70. The van der Waals surface area contributed by atoms with Crippen molar-refractivity contribution in [1.29, 1.82) is 0 Å². The van der Waals surface area contributed by atoms with Crippen LogP contribution in [-0.4, -0.2) is 311 Å². The first-order valence-corrected chi connectivity index (χ1v) is 36.5. The van der Waals surface area contributed by atoms with E-state index in [1.54, 1.807) is 0 Å². The van der Waals surface area contributed by atoms with Crippen molar-refractivity contribution in [1.82, 2.24) is 0 Å². The summed E-state index contributed by atoms with van der Waals surface area (Å²) in [4.78, 5) is 103. The van der Waals surface area contributed by atoms with E-state index in [9.17, 15) is 58.5 Å². The van der Waals surface area contributed by atoms with Crippen LogP contribution in [0.3, 0.4) is 0 Å². The lowest BCUT2D eigenvalue weighted by Gasteiger charge is -2.43. The van der Waals surface area contributed by atoms with Gasteiger partial charge in [-0.2, -0.15) is 8.42 Å². The highest BCUT2D eigenvalue weighted by Gasteiger charge is 2.49. The van der Waals surface area contributed by atoms with Gasteiger partial charge in [-0.15, -0.1) is 23.2 Å². The Morgan fingerprint density at radius 1 is 0.413 bits per heavy atom. The SMILES string of the molecule is CC(=O)OC(C)=O.CC(=O)OCC1OC(OC(C)=O)C(OC(C)=O)C(C)C1C.CC(=O)OCC1OC(OCCBr)C(OC(C)=O)C(C)C1C.CC(=O)OCC1OC(OCCN=[N+]=[N-])C(OC(C)=O)C(C)C1C.ClCCl.O=S(=O)(O)O.OCC1OC(O)C(O)C(O)C1O.[N-]=[N+]=NCCOC1OC(CO)C(O)C(O)C1O. The van der Waals surface area contributed by atoms with Gasteiger partial charge in [-0.3, -0.25) is 52.3 Å². The van der Waals surface area contributed by atoms with Crippen molar-refractivity contribution in [3.8, 4) is 0 Å². The molecule has 0 spiro atoms. The Labute approximate surface area is 646 Å². The maximum absolute atomic E-state index is 11.3. The molecule has 48 heteroatoms. The summed E-state index contributed by atoms with van der Waals surface area (Å²) >= 11 is 12.8. The number of hydrogen-bond acceptors (Lipinski definition) is 38. The van der Waals surface area contributed by atoms with Crippen molar-refractivity contribution in [3.63, 3.8) is 0 Å². The molecular formula is C61H105BrCl2N6O38S. The molecule has 0 aromatic heterocycles. The summed E-state index contributed by atoms with van der Waals surface area (Å²) in [6.45, 7) is 23.2. The van der Waals surface area contributed by atoms with Crippen molar-refractivity contribution in [2.75, 3.05) is 76.6 Å². The van der Waals surface area contributed by atoms with E-state index in [2.05, 4.69) is 45.5 Å². The van der Waals surface area contributed by atoms with Gasteiger partial charge in [-0.1, -0.05) is 67.7 Å². The molecule has 5 fully saturated rings. The normalized spacial score (nSPS) is 31.3. The molecule has 634 valence electrons. The Bertz CT molecular complexity index is 2880. The van der Waals surface area contributed by atoms with Crippen LogP contribution >= 0.6 is 39.1 Å². The minimum absolute atomic E-state index is 0.00400. The van der Waals surface area contributed by atoms with Gasteiger partial charge in [0.05, 0.1) is 56.7 Å². The van der Waals surface area contributed by atoms with Gasteiger partial charge < -0.3 is 122 Å². The van der Waals surface area contributed by atoms with E-state index in [0.29, 0.717) is 11.9 Å². The largest absolute Gasteiger partial charge is 0.463 e. The monoisotopic (exact) mass is 1710 g/mol. The number of carbonyl (C=O) groups is 9. The fraction of sp³-hybridized carbons (Fsp3) is 0.852. The number of azide groups is 2. The van der Waals surface area contributed by atoms with Gasteiger partial charge in [0, 0.05) is 108 Å². The zero-order chi connectivity index (χ0) is 84.8. The molecule has 5 aliphatic heterocycles. The highest BCUT2D eigenvalue weighted by Crippen LogP contribution is 2.37. The van der Waals surface area contributed by atoms with Gasteiger partial charge in [-0.05, 0) is 28.8 Å². The molecule has 5 heterocycles. The third-order valence-electron chi connectivity index (χ3n) is 15.5. The van der Waals surface area contributed by atoms with E-state index in [4.69, 9.17) is 149 Å². The second kappa shape index (κ2) is 58.2. The molecule has 5 rings (SSSR count). The number of carbonyl (C=O) groups excluding carboxylic acids is 9. The molecule has 0 aromatic carbocycles. The van der Waals surface area contributed by atoms with Crippen molar-refractivity contribution in [3.05, 3.63) is 20.9 Å². The van der Waals surface area contributed by atoms with Gasteiger partial charge in [0.15, 0.2) is 43.5 Å². The molecule has 25 unspecified atom stereocenters. The van der Waals surface area contributed by atoms with Crippen molar-refractivity contribution in [2.24, 2.45) is 45.7 Å². The summed E-state index contributed by atoms with van der Waals surface area (Å²) in [5, 5.41) is 89.4. The van der Waals surface area contributed by atoms with Crippen LogP contribution < -0.4 is 0 Å². The predicted octanol–water partition coefficient (Wildman–Crippen LogP) is 0.493. The second-order valence-electron chi connectivity index (χ2n) is 23.8. The number of nitrogens with zero attached hydrogens (tertiary/aromatic N) is 6. The zero-order valence-corrected chi connectivity index (χ0v) is 66.5. The van der Waals surface area contributed by atoms with Crippen LogP contribution in [0.2, 0.25) is 0 Å². The summed E-state index contributed by atoms with van der Waals surface area (Å²) in [6.07, 6.45) is -18.8. The number of rotatable bonds is 23. The van der Waals surface area contributed by atoms with Crippen molar-refractivity contribution in [2.45, 2.75) is 221 Å². The Hall–Kier alpha value is -5.70. The Balaban J connectivity index is -0.00000124. The van der Waals surface area contributed by atoms with E-state index in [1.807, 2.05) is 41.5 Å². The summed E-state index contributed by atoms with van der Waals surface area (Å²) in [5.74, 6) is -4.21. The Morgan fingerprint density at radius 3 is 0.982 bits per heavy atom. The molecule has 0 saturated carbocycles. The van der Waals surface area contributed by atoms with E-state index >= 15 is 0 Å². The van der Waals surface area contributed by atoms with Crippen LogP contribution in [0.1, 0.15) is 104 Å². The molecule has 0 aliphatic carbocycles. The van der Waals surface area contributed by atoms with Gasteiger partial charge >= 0.3 is 64.1 Å². The second-order valence-corrected chi connectivity index (χ2v) is 26.3. The van der Waals surface area contributed by atoms with E-state index in [-0.39, 0.29) is 111 Å². The lowest BCUT2D eigenvalue weighted by molar-refractivity contribution is -0.300. The number of halogens is 3. The summed E-state index contributed by atoms with van der Waals surface area (Å²) < 4.78 is 115. The number of alkyl halides is 3. The molecule has 109 heavy (non-hydrogen) atoms. The highest BCUT2D eigenvalue weighted by atomic mass is 79.9. The quantitative estimate of drug-likeness (QED) is 0.00763. The summed E-state index contributed by atoms with van der Waals surface area (Å²) in [7, 11) is -4.67. The van der Waals surface area contributed by atoms with E-state index < -0.39 is 170 Å². The molecule has 25 atom stereocenters. The number of hydrogen-bond donors (Lipinski definition) is 11. The summed E-state index contributed by atoms with van der Waals surface area (Å²) in [5.41, 5.74) is 16.3. The van der Waals surface area contributed by atoms with Crippen LogP contribution in [-0.2, 0) is 129 Å². The van der Waals surface area contributed by atoms with Crippen LogP contribution in [0.25, 0.3) is 20.9 Å². The van der Waals surface area contributed by atoms with Gasteiger partial charge in [0.2, 0.25) is 6.29 Å². The number of ether oxygens (including phenoxy) is 16. The van der Waals surface area contributed by atoms with Crippen molar-refractivity contribution >= 4 is 103 Å². The Morgan fingerprint density at radius 2 is 0.697 bits per heavy atom. The van der Waals surface area contributed by atoms with Crippen LogP contribution in [0, 0.1) is 35.5 Å². The molecule has 5 saturated heterocycles. The molecule has 0 bridgehead atoms. The lowest BCUT2D eigenvalue weighted by atomic mass is 9.83. The topological polar surface area (TPSA) is 656 Å². The van der Waals surface area contributed by atoms with Crippen molar-refractivity contribution < 1.29 is 182 Å². The first-order chi connectivity index (χ1) is 50.7. The van der Waals surface area contributed by atoms with E-state index in [1.165, 1.54) is 62.3 Å². The predicted molar refractivity (Wildman–Crippen MR) is 372 cm³/mol. The average Bonchev–Trinajstić information content (AvgIpc) is 0.749. The van der Waals surface area contributed by atoms with Gasteiger partial charge in [0.25, 0.3) is 0 Å². The van der Waals surface area contributed by atoms with Gasteiger partial charge in [-0.25, -0.2) is 0 Å². The minimum atomic E-state index is -4.67. The maximum Gasteiger partial charge on any atom is 0.394 e. The van der Waals surface area contributed by atoms with Crippen LogP contribution in [0.5, 0.6) is 0 Å². The third-order valence-corrected chi connectivity index (χ3v) is 15.8. The first-order valence-electron chi connectivity index (χ1n) is 33.0. The first kappa shape index (κ1) is 107. The minimum Gasteiger partial charge on any atom is -0.463 e. The third kappa shape index (κ3) is 46.2. The molecule has 5 aliphatic rings. The fourth-order valence-corrected chi connectivity index (χ4v) is 9.89. The number of aliphatic hydroxyl groups is 9. The molecule has 11 N–H and O–H groups in total.